The molecule has 1 heterocycles. The fourth-order valence-corrected chi connectivity index (χ4v) is 5.50. The lowest BCUT2D eigenvalue weighted by Gasteiger charge is -2.33. The van der Waals surface area contributed by atoms with Crippen molar-refractivity contribution in [3.05, 3.63) is 23.4 Å². The highest BCUT2D eigenvalue weighted by Crippen LogP contribution is 2.30. The minimum absolute atomic E-state index is 0.0207. The van der Waals surface area contributed by atoms with Crippen molar-refractivity contribution in [2.24, 2.45) is 41.2 Å². The molecule has 1 aliphatic rings. The van der Waals surface area contributed by atoms with Gasteiger partial charge in [0.2, 0.25) is 17.7 Å². The Morgan fingerprint density at radius 1 is 1.02 bits per heavy atom. The second kappa shape index (κ2) is 18.5. The van der Waals surface area contributed by atoms with Crippen LogP contribution in [0.4, 0.5) is 0 Å². The van der Waals surface area contributed by atoms with Crippen LogP contribution in [0.25, 0.3) is 0 Å². The Labute approximate surface area is 260 Å². The molecule has 0 saturated heterocycles. The van der Waals surface area contributed by atoms with Crippen LogP contribution < -0.4 is 21.1 Å². The topological polar surface area (TPSA) is 136 Å². The number of ether oxygens (including phenoxy) is 2. The molecule has 5 N–H and O–H groups in total. The first-order valence-corrected chi connectivity index (χ1v) is 16.4. The predicted molar refractivity (Wildman–Crippen MR) is 172 cm³/mol. The molecule has 1 saturated carbocycles. The van der Waals surface area contributed by atoms with Crippen LogP contribution in [0.5, 0.6) is 5.88 Å². The zero-order valence-electron chi connectivity index (χ0n) is 28.0. The van der Waals surface area contributed by atoms with Gasteiger partial charge >= 0.3 is 0 Å². The number of pyridine rings is 1. The molecular formula is C34H60N4O5. The molecule has 43 heavy (non-hydrogen) atoms. The average molecular weight is 605 g/mol. The van der Waals surface area contributed by atoms with E-state index in [1.165, 1.54) is 0 Å². The number of rotatable bonds is 21. The summed E-state index contributed by atoms with van der Waals surface area (Å²) in [6.45, 7) is 13.6. The number of aromatic nitrogens is 1. The maximum absolute atomic E-state index is 13.1. The van der Waals surface area contributed by atoms with Crippen molar-refractivity contribution in [1.82, 2.24) is 15.6 Å². The third-order valence-corrected chi connectivity index (χ3v) is 8.93. The Bertz CT molecular complexity index is 982. The Morgan fingerprint density at radius 3 is 2.28 bits per heavy atom. The van der Waals surface area contributed by atoms with E-state index >= 15 is 0 Å². The van der Waals surface area contributed by atoms with E-state index in [0.29, 0.717) is 24.8 Å². The summed E-state index contributed by atoms with van der Waals surface area (Å²) < 4.78 is 10.7. The zero-order valence-corrected chi connectivity index (χ0v) is 28.0. The predicted octanol–water partition coefficient (Wildman–Crippen LogP) is 4.28. The molecule has 1 fully saturated rings. The molecule has 246 valence electrons. The first-order valence-electron chi connectivity index (χ1n) is 16.4. The molecule has 9 nitrogen and oxygen atoms in total. The number of hydrogen-bond acceptors (Lipinski definition) is 7. The Kier molecular flexibility index (Phi) is 15.9. The van der Waals surface area contributed by atoms with Gasteiger partial charge in [0.25, 0.3) is 0 Å². The lowest BCUT2D eigenvalue weighted by Crippen LogP contribution is -2.53. The number of amides is 2. The molecule has 5 atom stereocenters. The van der Waals surface area contributed by atoms with E-state index in [9.17, 15) is 14.7 Å². The van der Waals surface area contributed by atoms with Gasteiger partial charge in [0.05, 0.1) is 25.3 Å². The third kappa shape index (κ3) is 12.7. The molecule has 0 aromatic carbocycles. The number of nitrogens with zero attached hydrogens (tertiary/aromatic N) is 1. The number of carbonyl (C=O) groups excluding carboxylic acids is 2. The number of methoxy groups -OCH3 is 2. The maximum Gasteiger partial charge on any atom is 0.237 e. The summed E-state index contributed by atoms with van der Waals surface area (Å²) in [6, 6.07) is 0.953. The number of nitrogens with two attached hydrogens (primary N) is 1. The number of aliphatic hydroxyl groups excluding tert-OH is 1. The van der Waals surface area contributed by atoms with Crippen LogP contribution in [-0.2, 0) is 27.2 Å². The van der Waals surface area contributed by atoms with Crippen LogP contribution >= 0.6 is 0 Å². The minimum Gasteiger partial charge on any atom is -0.481 e. The summed E-state index contributed by atoms with van der Waals surface area (Å²) in [5.74, 6) is 1.02. The minimum atomic E-state index is -0.894. The summed E-state index contributed by atoms with van der Waals surface area (Å²) in [5, 5.41) is 17.8. The summed E-state index contributed by atoms with van der Waals surface area (Å²) in [7, 11) is 3.36. The van der Waals surface area contributed by atoms with Crippen molar-refractivity contribution in [2.45, 2.75) is 111 Å². The number of nitrogens with one attached hydrogen (secondary N) is 2. The van der Waals surface area contributed by atoms with E-state index in [1.807, 2.05) is 33.9 Å². The molecule has 9 heteroatoms. The lowest BCUT2D eigenvalue weighted by atomic mass is 9.80. The van der Waals surface area contributed by atoms with Gasteiger partial charge in [0.1, 0.15) is 0 Å². The van der Waals surface area contributed by atoms with Crippen molar-refractivity contribution in [3.63, 3.8) is 0 Å². The molecular weight excluding hydrogens is 544 g/mol. The van der Waals surface area contributed by atoms with Crippen LogP contribution in [0.2, 0.25) is 0 Å². The highest BCUT2D eigenvalue weighted by atomic mass is 16.5. The van der Waals surface area contributed by atoms with Gasteiger partial charge < -0.3 is 30.9 Å². The van der Waals surface area contributed by atoms with Crippen molar-refractivity contribution >= 4 is 11.8 Å². The van der Waals surface area contributed by atoms with E-state index in [4.69, 9.17) is 15.2 Å². The normalized spacial score (nSPS) is 17.0. The second-order valence-corrected chi connectivity index (χ2v) is 13.6. The van der Waals surface area contributed by atoms with E-state index in [2.05, 4.69) is 35.5 Å². The lowest BCUT2D eigenvalue weighted by molar-refractivity contribution is -0.128. The molecule has 0 aliphatic heterocycles. The number of carbonyl (C=O) groups is 2. The summed E-state index contributed by atoms with van der Waals surface area (Å²) in [6.07, 6.45) is 7.66. The SMILES string of the molecule is COCCCCc1cc(C[C@@H](C[C@H](NC(=O)[C@@H](N)C(C)C)[C@@H](O)C[C@H](C(=O)NCC2CC2)C(C)C)C(C)C)cnc1OC. The van der Waals surface area contributed by atoms with E-state index < -0.39 is 18.2 Å². The maximum atomic E-state index is 13.1. The first kappa shape index (κ1) is 37.0. The fourth-order valence-electron chi connectivity index (χ4n) is 5.50. The largest absolute Gasteiger partial charge is 0.481 e. The fraction of sp³-hybridized carbons (Fsp3) is 0.794. The van der Waals surface area contributed by atoms with E-state index in [-0.39, 0.29) is 47.8 Å². The molecule has 0 bridgehead atoms. The molecule has 2 amide bonds. The smallest absolute Gasteiger partial charge is 0.237 e. The summed E-state index contributed by atoms with van der Waals surface area (Å²) >= 11 is 0. The number of aryl methyl sites for hydroxylation is 1. The Hall–Kier alpha value is -2.23. The van der Waals surface area contributed by atoms with Gasteiger partial charge in [-0.25, -0.2) is 4.98 Å². The molecule has 0 radical (unpaired) electrons. The monoisotopic (exact) mass is 604 g/mol. The van der Waals surface area contributed by atoms with Crippen LogP contribution in [-0.4, -0.2) is 67.5 Å². The Balaban J connectivity index is 2.25. The van der Waals surface area contributed by atoms with Crippen molar-refractivity contribution in [3.8, 4) is 5.88 Å². The average Bonchev–Trinajstić information content (AvgIpc) is 3.79. The van der Waals surface area contributed by atoms with Crippen LogP contribution in [0, 0.1) is 35.5 Å². The van der Waals surface area contributed by atoms with Gasteiger partial charge in [-0.15, -0.1) is 0 Å². The van der Waals surface area contributed by atoms with Gasteiger partial charge in [-0.2, -0.15) is 0 Å². The number of unbranched alkanes of at least 4 members (excludes halogenated alkanes) is 1. The van der Waals surface area contributed by atoms with Crippen LogP contribution in [0.15, 0.2) is 12.3 Å². The second-order valence-electron chi connectivity index (χ2n) is 13.6. The van der Waals surface area contributed by atoms with Crippen molar-refractivity contribution in [1.29, 1.82) is 0 Å². The van der Waals surface area contributed by atoms with Gasteiger partial charge in [0, 0.05) is 37.9 Å². The highest BCUT2D eigenvalue weighted by Gasteiger charge is 2.34. The number of aliphatic hydroxyl groups is 1. The van der Waals surface area contributed by atoms with Gasteiger partial charge in [-0.3, -0.25) is 9.59 Å². The quantitative estimate of drug-likeness (QED) is 0.154. The van der Waals surface area contributed by atoms with Gasteiger partial charge in [-0.05, 0) is 92.6 Å². The van der Waals surface area contributed by atoms with Gasteiger partial charge in [-0.1, -0.05) is 41.5 Å². The molecule has 0 spiro atoms. The summed E-state index contributed by atoms with van der Waals surface area (Å²) in [4.78, 5) is 30.9. The van der Waals surface area contributed by atoms with Crippen LogP contribution in [0.1, 0.15) is 91.2 Å². The molecule has 1 aromatic heterocycles. The molecule has 1 aromatic rings. The molecule has 0 unspecified atom stereocenters. The Morgan fingerprint density at radius 2 is 1.72 bits per heavy atom. The van der Waals surface area contributed by atoms with Crippen LogP contribution in [0.3, 0.4) is 0 Å². The molecule has 1 aliphatic carbocycles. The highest BCUT2D eigenvalue weighted by molar-refractivity contribution is 5.82. The third-order valence-electron chi connectivity index (χ3n) is 8.93. The first-order chi connectivity index (χ1) is 20.4. The van der Waals surface area contributed by atoms with E-state index in [0.717, 1.165) is 56.3 Å². The van der Waals surface area contributed by atoms with Crippen molar-refractivity contribution < 1.29 is 24.2 Å². The molecule has 2 rings (SSSR count). The van der Waals surface area contributed by atoms with Gasteiger partial charge in [0.15, 0.2) is 0 Å². The van der Waals surface area contributed by atoms with Crippen molar-refractivity contribution in [2.75, 3.05) is 27.4 Å². The van der Waals surface area contributed by atoms with E-state index in [1.54, 1.807) is 14.2 Å². The standard InChI is InChI=1S/C34H60N4O5/c1-21(2)27(16-25-15-26(11-9-10-14-42-7)34(43-8)37-20-25)17-29(38-33(41)31(35)23(5)6)30(39)18-28(22(3)4)32(40)36-19-24-12-13-24/h15,20-24,27-31,39H,9-14,16-19,35H2,1-8H3,(H,36,40)(H,38,41)/t27-,28-,29-,30-,31-/m0/s1. The summed E-state index contributed by atoms with van der Waals surface area (Å²) in [5.41, 5.74) is 8.38. The zero-order chi connectivity index (χ0) is 32.1. The number of hydrogen-bond donors (Lipinski definition) is 4.